The molecule has 2 heterocycles. The van der Waals surface area contributed by atoms with Crippen molar-refractivity contribution in [1.29, 1.82) is 0 Å². The second-order valence-electron chi connectivity index (χ2n) is 10.4. The molecule has 1 aliphatic carbocycles. The van der Waals surface area contributed by atoms with Crippen LogP contribution in [-0.4, -0.2) is 29.0 Å². The molecular formula is C31H25F2N3O4S2. The van der Waals surface area contributed by atoms with Crippen molar-refractivity contribution in [3.05, 3.63) is 107 Å². The lowest BCUT2D eigenvalue weighted by molar-refractivity contribution is 0.0691. The van der Waals surface area contributed by atoms with E-state index in [1.165, 1.54) is 41.0 Å². The molecule has 0 radical (unpaired) electrons. The highest BCUT2D eigenvalue weighted by Crippen LogP contribution is 2.41. The molecule has 0 amide bonds. The van der Waals surface area contributed by atoms with Gasteiger partial charge in [-0.05, 0) is 83.8 Å². The fourth-order valence-corrected chi connectivity index (χ4v) is 6.51. The number of benzene rings is 3. The summed E-state index contributed by atoms with van der Waals surface area (Å²) in [5.41, 5.74) is 5.29. The van der Waals surface area contributed by atoms with Gasteiger partial charge in [-0.25, -0.2) is 32.1 Å². The van der Waals surface area contributed by atoms with E-state index in [4.69, 9.17) is 5.14 Å². The quantitative estimate of drug-likeness (QED) is 0.197. The van der Waals surface area contributed by atoms with E-state index >= 15 is 0 Å². The van der Waals surface area contributed by atoms with Crippen molar-refractivity contribution < 1.29 is 27.1 Å². The second kappa shape index (κ2) is 10.9. The third-order valence-electron chi connectivity index (χ3n) is 7.30. The minimum absolute atomic E-state index is 0.0459. The topological polar surface area (TPSA) is 115 Å². The molecule has 0 atom stereocenters. The number of halogens is 2. The van der Waals surface area contributed by atoms with Gasteiger partial charge in [-0.15, -0.1) is 11.3 Å². The van der Waals surface area contributed by atoms with Crippen molar-refractivity contribution >= 4 is 27.3 Å². The van der Waals surface area contributed by atoms with Crippen LogP contribution in [0.25, 0.3) is 33.0 Å². The molecule has 3 aromatic carbocycles. The van der Waals surface area contributed by atoms with Crippen LogP contribution in [0.4, 0.5) is 8.78 Å². The first-order chi connectivity index (χ1) is 20.1. The Bertz CT molecular complexity index is 1950. The normalized spacial score (nSPS) is 13.4. The molecule has 0 spiro atoms. The van der Waals surface area contributed by atoms with Crippen LogP contribution in [0.1, 0.15) is 34.6 Å². The smallest absolute Gasteiger partial charge is 0.355 e. The number of aromatic nitrogens is 2. The van der Waals surface area contributed by atoms with Gasteiger partial charge < -0.3 is 9.67 Å². The summed E-state index contributed by atoms with van der Waals surface area (Å²) in [7, 11) is -4.22. The van der Waals surface area contributed by atoms with Gasteiger partial charge in [0.05, 0.1) is 0 Å². The largest absolute Gasteiger partial charge is 0.476 e. The van der Waals surface area contributed by atoms with E-state index in [2.05, 4.69) is 4.98 Å². The number of carboxylic acid groups (broad SMARTS) is 1. The van der Waals surface area contributed by atoms with Gasteiger partial charge >= 0.3 is 5.97 Å². The fraction of sp³-hybridized carbons (Fsp3) is 0.161. The van der Waals surface area contributed by atoms with Crippen molar-refractivity contribution in [2.75, 3.05) is 0 Å². The molecule has 1 aliphatic rings. The first-order valence-corrected chi connectivity index (χ1v) is 15.6. The van der Waals surface area contributed by atoms with Crippen molar-refractivity contribution in [2.45, 2.75) is 30.7 Å². The lowest BCUT2D eigenvalue weighted by atomic mass is 10.0. The maximum absolute atomic E-state index is 14.9. The summed E-state index contributed by atoms with van der Waals surface area (Å²) >= 11 is 1.24. The monoisotopic (exact) mass is 605 g/mol. The molecule has 214 valence electrons. The van der Waals surface area contributed by atoms with Crippen LogP contribution in [0.2, 0.25) is 0 Å². The molecule has 2 aromatic heterocycles. The fourth-order valence-electron chi connectivity index (χ4n) is 5.09. The number of sulfonamides is 1. The zero-order valence-electron chi connectivity index (χ0n) is 22.1. The summed E-state index contributed by atoms with van der Waals surface area (Å²) in [6, 6.07) is 19.8. The SMILES string of the molecule is NS(=O)(=O)c1ccc(Cn2c(-c3cccc(-c4cccc(F)c4)c3)cc(-c3nc(C(=O)O)cs3)c2CC2CC2)cc1F. The number of hydrogen-bond donors (Lipinski definition) is 2. The highest BCUT2D eigenvalue weighted by atomic mass is 32.2. The van der Waals surface area contributed by atoms with Gasteiger partial charge in [0.15, 0.2) is 5.69 Å². The zero-order valence-corrected chi connectivity index (χ0v) is 23.8. The van der Waals surface area contributed by atoms with Gasteiger partial charge in [-0.1, -0.05) is 36.4 Å². The van der Waals surface area contributed by atoms with Crippen molar-refractivity contribution in [3.63, 3.8) is 0 Å². The van der Waals surface area contributed by atoms with Crippen molar-refractivity contribution in [3.8, 4) is 33.0 Å². The molecule has 0 aliphatic heterocycles. The molecule has 0 unspecified atom stereocenters. The molecule has 42 heavy (non-hydrogen) atoms. The minimum atomic E-state index is -4.22. The molecule has 7 nitrogen and oxygen atoms in total. The van der Waals surface area contributed by atoms with E-state index in [-0.39, 0.29) is 18.1 Å². The van der Waals surface area contributed by atoms with Crippen LogP contribution in [0, 0.1) is 17.6 Å². The Kier molecular flexibility index (Phi) is 7.25. The number of carbonyl (C=O) groups is 1. The lowest BCUT2D eigenvalue weighted by Crippen LogP contribution is -2.14. The molecule has 6 rings (SSSR count). The van der Waals surface area contributed by atoms with Crippen LogP contribution in [0.15, 0.2) is 83.1 Å². The number of nitrogens with zero attached hydrogens (tertiary/aromatic N) is 2. The predicted octanol–water partition coefficient (Wildman–Crippen LogP) is 6.57. The summed E-state index contributed by atoms with van der Waals surface area (Å²) in [4.78, 5) is 15.4. The van der Waals surface area contributed by atoms with Gasteiger partial charge in [0, 0.05) is 28.9 Å². The van der Waals surface area contributed by atoms with Crippen LogP contribution in [-0.2, 0) is 23.0 Å². The van der Waals surface area contributed by atoms with E-state index in [9.17, 15) is 27.1 Å². The number of thiazole rings is 1. The van der Waals surface area contributed by atoms with Crippen molar-refractivity contribution in [1.82, 2.24) is 9.55 Å². The average molecular weight is 606 g/mol. The predicted molar refractivity (Wildman–Crippen MR) is 157 cm³/mol. The van der Waals surface area contributed by atoms with Gasteiger partial charge in [-0.3, -0.25) is 0 Å². The van der Waals surface area contributed by atoms with Crippen LogP contribution < -0.4 is 5.14 Å². The summed E-state index contributed by atoms with van der Waals surface area (Å²) in [6.45, 7) is 0.209. The van der Waals surface area contributed by atoms with Crippen LogP contribution in [0.5, 0.6) is 0 Å². The van der Waals surface area contributed by atoms with E-state index < -0.39 is 26.7 Å². The summed E-state index contributed by atoms with van der Waals surface area (Å²) in [5, 5.41) is 16.7. The number of hydrogen-bond acceptors (Lipinski definition) is 5. The van der Waals surface area contributed by atoms with E-state index in [1.54, 1.807) is 6.07 Å². The van der Waals surface area contributed by atoms with E-state index in [0.29, 0.717) is 28.5 Å². The third kappa shape index (κ3) is 5.76. The molecule has 1 fully saturated rings. The Morgan fingerprint density at radius 3 is 2.36 bits per heavy atom. The molecule has 1 saturated carbocycles. The highest BCUT2D eigenvalue weighted by molar-refractivity contribution is 7.89. The average Bonchev–Trinajstić information content (AvgIpc) is 3.50. The lowest BCUT2D eigenvalue weighted by Gasteiger charge is -2.16. The Hall–Kier alpha value is -4.19. The first-order valence-electron chi connectivity index (χ1n) is 13.2. The van der Waals surface area contributed by atoms with Gasteiger partial charge in [0.25, 0.3) is 0 Å². The third-order valence-corrected chi connectivity index (χ3v) is 9.12. The summed E-state index contributed by atoms with van der Waals surface area (Å²) in [6.07, 6.45) is 2.83. The van der Waals surface area contributed by atoms with Crippen LogP contribution in [0.3, 0.4) is 0 Å². The Morgan fingerprint density at radius 2 is 1.71 bits per heavy atom. The molecular weight excluding hydrogens is 580 g/mol. The van der Waals surface area contributed by atoms with Gasteiger partial charge in [0.2, 0.25) is 10.0 Å². The summed E-state index contributed by atoms with van der Waals surface area (Å²) < 4.78 is 54.5. The maximum atomic E-state index is 14.9. The Labute approximate surface area is 245 Å². The zero-order chi connectivity index (χ0) is 29.6. The molecule has 5 aromatic rings. The molecule has 0 bridgehead atoms. The standard InChI is InChI=1S/C31H25F2N3O4S2/c32-23-6-2-4-21(14-23)20-3-1-5-22(13-20)27-15-24(30-35-26(17-41-30)31(37)38)28(12-18-7-8-18)36(27)16-19-9-10-29(25(33)11-19)42(34,39)40/h1-6,9-11,13-15,17-18H,7-8,12,16H2,(H,37,38)(H2,34,39,40). The molecule has 0 saturated heterocycles. The molecule has 11 heteroatoms. The number of nitrogens with two attached hydrogens (primary N) is 1. The highest BCUT2D eigenvalue weighted by Gasteiger charge is 2.28. The second-order valence-corrected chi connectivity index (χ2v) is 12.8. The van der Waals surface area contributed by atoms with Gasteiger partial charge in [0.1, 0.15) is 21.5 Å². The Balaban J connectivity index is 1.53. The van der Waals surface area contributed by atoms with Crippen LogP contribution >= 0.6 is 11.3 Å². The number of primary sulfonamides is 1. The number of rotatable bonds is 9. The van der Waals surface area contributed by atoms with Gasteiger partial charge in [-0.2, -0.15) is 0 Å². The summed E-state index contributed by atoms with van der Waals surface area (Å²) in [5.74, 6) is -1.96. The Morgan fingerprint density at radius 1 is 1.00 bits per heavy atom. The number of carboxylic acids is 1. The van der Waals surface area contributed by atoms with Crippen molar-refractivity contribution in [2.24, 2.45) is 11.1 Å². The number of aromatic carboxylic acids is 1. The van der Waals surface area contributed by atoms with E-state index in [1.807, 2.05) is 41.0 Å². The molecule has 3 N–H and O–H groups in total. The first kappa shape index (κ1) is 28.0. The van der Waals surface area contributed by atoms with E-state index in [0.717, 1.165) is 47.0 Å². The minimum Gasteiger partial charge on any atom is -0.476 e. The maximum Gasteiger partial charge on any atom is 0.355 e.